The molecule has 3 nitrogen and oxygen atoms in total. The van der Waals surface area contributed by atoms with Crippen LogP contribution in [-0.2, 0) is 9.53 Å². The van der Waals surface area contributed by atoms with Crippen molar-refractivity contribution in [1.29, 1.82) is 0 Å². The number of esters is 1. The number of rotatable bonds is 5. The van der Waals surface area contributed by atoms with Crippen molar-refractivity contribution in [2.24, 2.45) is 0 Å². The van der Waals surface area contributed by atoms with Gasteiger partial charge < -0.3 is 10.1 Å². The Kier molecular flexibility index (Phi) is 4.94. The average Bonchev–Trinajstić information content (AvgIpc) is 2.24. The topological polar surface area (TPSA) is 38.3 Å². The maximum atomic E-state index is 13.2. The van der Waals surface area contributed by atoms with Gasteiger partial charge in [-0.15, -0.1) is 0 Å². The van der Waals surface area contributed by atoms with E-state index in [0.29, 0.717) is 18.7 Å². The van der Waals surface area contributed by atoms with E-state index in [-0.39, 0.29) is 11.8 Å². The van der Waals surface area contributed by atoms with Crippen molar-refractivity contribution in [3.05, 3.63) is 29.6 Å². The summed E-state index contributed by atoms with van der Waals surface area (Å²) >= 11 is 0. The second-order valence-corrected chi connectivity index (χ2v) is 3.87. The van der Waals surface area contributed by atoms with Crippen molar-refractivity contribution in [3.63, 3.8) is 0 Å². The van der Waals surface area contributed by atoms with Crippen molar-refractivity contribution in [2.75, 3.05) is 11.9 Å². The highest BCUT2D eigenvalue weighted by Gasteiger charge is 2.17. The van der Waals surface area contributed by atoms with E-state index in [4.69, 9.17) is 4.74 Å². The zero-order valence-electron chi connectivity index (χ0n) is 10.4. The first-order valence-corrected chi connectivity index (χ1v) is 5.77. The van der Waals surface area contributed by atoms with Crippen LogP contribution in [0.1, 0.15) is 25.8 Å². The molecule has 94 valence electrons. The normalized spacial score (nSPS) is 12.0. The third-order valence-corrected chi connectivity index (χ3v) is 2.36. The summed E-state index contributed by atoms with van der Waals surface area (Å²) < 4.78 is 18.1. The highest BCUT2D eigenvalue weighted by atomic mass is 19.1. The van der Waals surface area contributed by atoms with Gasteiger partial charge in [0.25, 0.3) is 0 Å². The van der Waals surface area contributed by atoms with E-state index < -0.39 is 6.04 Å². The zero-order valence-corrected chi connectivity index (χ0v) is 10.4. The zero-order chi connectivity index (χ0) is 12.8. The minimum Gasteiger partial charge on any atom is -0.464 e. The molecule has 17 heavy (non-hydrogen) atoms. The van der Waals surface area contributed by atoms with E-state index in [1.54, 1.807) is 19.9 Å². The molecule has 0 amide bonds. The fraction of sp³-hybridized carbons (Fsp3) is 0.462. The molecule has 0 spiro atoms. The van der Waals surface area contributed by atoms with E-state index in [1.807, 2.05) is 6.92 Å². The standard InChI is InChI=1S/C13H18FNO2/c1-4-12(13(16)17-5-2)15-11-7-9(3)6-10(14)8-11/h6-8,12,15H,4-5H2,1-3H3. The lowest BCUT2D eigenvalue weighted by Crippen LogP contribution is -2.30. The van der Waals surface area contributed by atoms with Crippen molar-refractivity contribution in [1.82, 2.24) is 0 Å². The molecule has 1 atom stereocenters. The molecule has 0 aliphatic heterocycles. The smallest absolute Gasteiger partial charge is 0.328 e. The number of aryl methyl sites for hydroxylation is 1. The Morgan fingerprint density at radius 3 is 2.65 bits per heavy atom. The fourth-order valence-corrected chi connectivity index (χ4v) is 1.59. The predicted molar refractivity (Wildman–Crippen MR) is 65.5 cm³/mol. The SMILES string of the molecule is CCOC(=O)C(CC)Nc1cc(C)cc(F)c1. The van der Waals surface area contributed by atoms with Crippen LogP contribution >= 0.6 is 0 Å². The molecule has 0 aliphatic rings. The molecule has 1 N–H and O–H groups in total. The van der Waals surface area contributed by atoms with Gasteiger partial charge in [-0.2, -0.15) is 0 Å². The third kappa shape index (κ3) is 4.06. The monoisotopic (exact) mass is 239 g/mol. The van der Waals surface area contributed by atoms with Gasteiger partial charge in [0, 0.05) is 5.69 Å². The van der Waals surface area contributed by atoms with Gasteiger partial charge in [0.05, 0.1) is 6.61 Å². The molecule has 0 bridgehead atoms. The molecule has 1 aromatic rings. The highest BCUT2D eigenvalue weighted by molar-refractivity contribution is 5.79. The number of ether oxygens (including phenoxy) is 1. The molecule has 0 saturated carbocycles. The van der Waals surface area contributed by atoms with Gasteiger partial charge >= 0.3 is 5.97 Å². The fourth-order valence-electron chi connectivity index (χ4n) is 1.59. The Morgan fingerprint density at radius 1 is 1.41 bits per heavy atom. The van der Waals surface area contributed by atoms with Gasteiger partial charge in [-0.05, 0) is 44.0 Å². The lowest BCUT2D eigenvalue weighted by atomic mass is 10.1. The Labute approximate surface area is 101 Å². The van der Waals surface area contributed by atoms with Gasteiger partial charge in [0.15, 0.2) is 0 Å². The number of hydrogen-bond acceptors (Lipinski definition) is 3. The average molecular weight is 239 g/mol. The molecule has 0 aliphatic carbocycles. The van der Waals surface area contributed by atoms with Gasteiger partial charge in [-0.25, -0.2) is 9.18 Å². The first-order chi connectivity index (χ1) is 8.06. The summed E-state index contributed by atoms with van der Waals surface area (Å²) in [5.41, 5.74) is 1.41. The number of halogens is 1. The highest BCUT2D eigenvalue weighted by Crippen LogP contribution is 2.15. The summed E-state index contributed by atoms with van der Waals surface area (Å²) in [6.45, 7) is 5.79. The molecule has 1 rings (SSSR count). The minimum absolute atomic E-state index is 0.308. The van der Waals surface area contributed by atoms with Crippen LogP contribution in [0.25, 0.3) is 0 Å². The lowest BCUT2D eigenvalue weighted by Gasteiger charge is -2.17. The molecule has 0 aromatic heterocycles. The Balaban J connectivity index is 2.76. The molecule has 1 unspecified atom stereocenters. The summed E-state index contributed by atoms with van der Waals surface area (Å²) in [6, 6.07) is 4.17. The molecule has 0 saturated heterocycles. The number of benzene rings is 1. The van der Waals surface area contributed by atoms with Crippen LogP contribution in [0.4, 0.5) is 10.1 Å². The van der Waals surface area contributed by atoms with E-state index >= 15 is 0 Å². The van der Waals surface area contributed by atoms with E-state index in [1.165, 1.54) is 12.1 Å². The number of carbonyl (C=O) groups excluding carboxylic acids is 1. The number of anilines is 1. The third-order valence-electron chi connectivity index (χ3n) is 2.36. The summed E-state index contributed by atoms with van der Waals surface area (Å²) in [5, 5.41) is 2.98. The van der Waals surface area contributed by atoms with Crippen molar-refractivity contribution in [3.8, 4) is 0 Å². The first-order valence-electron chi connectivity index (χ1n) is 5.77. The molecular formula is C13H18FNO2. The van der Waals surface area contributed by atoms with Gasteiger partial charge in [-0.3, -0.25) is 0 Å². The van der Waals surface area contributed by atoms with Gasteiger partial charge in [0.2, 0.25) is 0 Å². The second-order valence-electron chi connectivity index (χ2n) is 3.87. The second kappa shape index (κ2) is 6.23. The summed E-state index contributed by atoms with van der Waals surface area (Å²) in [4.78, 5) is 11.6. The van der Waals surface area contributed by atoms with Gasteiger partial charge in [0.1, 0.15) is 11.9 Å². The summed E-state index contributed by atoms with van der Waals surface area (Å²) in [5.74, 6) is -0.622. The predicted octanol–water partition coefficient (Wildman–Crippen LogP) is 2.89. The lowest BCUT2D eigenvalue weighted by molar-refractivity contribution is -0.144. The number of carbonyl (C=O) groups is 1. The molecule has 0 radical (unpaired) electrons. The number of hydrogen-bond donors (Lipinski definition) is 1. The summed E-state index contributed by atoms with van der Waals surface area (Å²) in [6.07, 6.45) is 0.592. The van der Waals surface area contributed by atoms with Crippen molar-refractivity contribution < 1.29 is 13.9 Å². The van der Waals surface area contributed by atoms with Crippen LogP contribution in [0.3, 0.4) is 0 Å². The van der Waals surface area contributed by atoms with E-state index in [9.17, 15) is 9.18 Å². The van der Waals surface area contributed by atoms with Crippen LogP contribution < -0.4 is 5.32 Å². The number of nitrogens with one attached hydrogen (secondary N) is 1. The Hall–Kier alpha value is -1.58. The van der Waals surface area contributed by atoms with E-state index in [0.717, 1.165) is 5.56 Å². The van der Waals surface area contributed by atoms with Gasteiger partial charge in [-0.1, -0.05) is 6.92 Å². The first kappa shape index (κ1) is 13.5. The molecule has 0 fully saturated rings. The van der Waals surface area contributed by atoms with Crippen molar-refractivity contribution >= 4 is 11.7 Å². The maximum absolute atomic E-state index is 13.2. The molecular weight excluding hydrogens is 221 g/mol. The molecule has 0 heterocycles. The van der Waals surface area contributed by atoms with Crippen molar-refractivity contribution in [2.45, 2.75) is 33.2 Å². The largest absolute Gasteiger partial charge is 0.464 e. The maximum Gasteiger partial charge on any atom is 0.328 e. The van der Waals surface area contributed by atoms with Crippen LogP contribution in [0.15, 0.2) is 18.2 Å². The van der Waals surface area contributed by atoms with E-state index in [2.05, 4.69) is 5.32 Å². The van der Waals surface area contributed by atoms with Crippen LogP contribution in [0.2, 0.25) is 0 Å². The van der Waals surface area contributed by atoms with Crippen LogP contribution in [0.5, 0.6) is 0 Å². The minimum atomic E-state index is -0.434. The summed E-state index contributed by atoms with van der Waals surface area (Å²) in [7, 11) is 0. The Bertz CT molecular complexity index is 373. The molecule has 4 heteroatoms. The van der Waals surface area contributed by atoms with Crippen LogP contribution in [-0.4, -0.2) is 18.6 Å². The van der Waals surface area contributed by atoms with Crippen LogP contribution in [0, 0.1) is 12.7 Å². The molecule has 1 aromatic carbocycles. The Morgan fingerprint density at radius 2 is 2.12 bits per heavy atom. The quantitative estimate of drug-likeness (QED) is 0.803.